The van der Waals surface area contributed by atoms with E-state index in [0.29, 0.717) is 5.92 Å². The SMILES string of the molecule is Cc1c(CC2CCOCC2)c(C#N)c2nc3ccccc3n2c1N1CCNCC1. The van der Waals surface area contributed by atoms with Gasteiger partial charge in [-0.3, -0.25) is 4.40 Å². The maximum absolute atomic E-state index is 10.1. The van der Waals surface area contributed by atoms with E-state index in [-0.39, 0.29) is 0 Å². The Hall–Kier alpha value is -2.62. The molecule has 0 saturated carbocycles. The Morgan fingerprint density at radius 2 is 1.97 bits per heavy atom. The van der Waals surface area contributed by atoms with Crippen LogP contribution in [0.5, 0.6) is 0 Å². The lowest BCUT2D eigenvalue weighted by atomic mass is 9.88. The summed E-state index contributed by atoms with van der Waals surface area (Å²) >= 11 is 0. The predicted octanol–water partition coefficient (Wildman–Crippen LogP) is 3.05. The summed E-state index contributed by atoms with van der Waals surface area (Å²) in [6.07, 6.45) is 3.06. The zero-order valence-corrected chi connectivity index (χ0v) is 16.9. The topological polar surface area (TPSA) is 65.6 Å². The van der Waals surface area contributed by atoms with Gasteiger partial charge in [-0.15, -0.1) is 0 Å². The van der Waals surface area contributed by atoms with Crippen molar-refractivity contribution >= 4 is 22.5 Å². The number of aromatic nitrogens is 2. The number of nitrogens with one attached hydrogen (secondary N) is 1. The lowest BCUT2D eigenvalue weighted by Crippen LogP contribution is -2.44. The van der Waals surface area contributed by atoms with Crippen LogP contribution in [-0.4, -0.2) is 48.8 Å². The van der Waals surface area contributed by atoms with Gasteiger partial charge < -0.3 is 15.0 Å². The molecular weight excluding hydrogens is 362 g/mol. The van der Waals surface area contributed by atoms with Crippen molar-refractivity contribution < 1.29 is 4.74 Å². The molecule has 2 aliphatic heterocycles. The number of anilines is 1. The minimum absolute atomic E-state index is 0.567. The molecule has 6 nitrogen and oxygen atoms in total. The first-order valence-electron chi connectivity index (χ1n) is 10.6. The van der Waals surface area contributed by atoms with Gasteiger partial charge in [0.25, 0.3) is 0 Å². The van der Waals surface area contributed by atoms with E-state index in [0.717, 1.165) is 80.9 Å². The number of piperazine rings is 1. The number of benzene rings is 1. The quantitative estimate of drug-likeness (QED) is 0.746. The van der Waals surface area contributed by atoms with E-state index in [1.54, 1.807) is 0 Å². The number of pyridine rings is 1. The van der Waals surface area contributed by atoms with Crippen LogP contribution in [0.4, 0.5) is 5.82 Å². The maximum Gasteiger partial charge on any atom is 0.157 e. The van der Waals surface area contributed by atoms with Crippen LogP contribution in [0, 0.1) is 24.2 Å². The van der Waals surface area contributed by atoms with Crippen molar-refractivity contribution in [3.63, 3.8) is 0 Å². The highest BCUT2D eigenvalue weighted by atomic mass is 16.5. The van der Waals surface area contributed by atoms with Crippen LogP contribution >= 0.6 is 0 Å². The number of fused-ring (bicyclic) bond motifs is 3. The van der Waals surface area contributed by atoms with Crippen molar-refractivity contribution in [3.05, 3.63) is 41.0 Å². The molecule has 5 rings (SSSR count). The largest absolute Gasteiger partial charge is 0.381 e. The minimum Gasteiger partial charge on any atom is -0.381 e. The predicted molar refractivity (Wildman–Crippen MR) is 114 cm³/mol. The summed E-state index contributed by atoms with van der Waals surface area (Å²) in [5, 5.41) is 13.6. The molecule has 1 aromatic carbocycles. The number of para-hydroxylation sites is 2. The molecule has 2 aromatic heterocycles. The highest BCUT2D eigenvalue weighted by molar-refractivity contribution is 5.86. The van der Waals surface area contributed by atoms with Crippen molar-refractivity contribution in [2.45, 2.75) is 26.2 Å². The van der Waals surface area contributed by atoms with Crippen LogP contribution < -0.4 is 10.2 Å². The number of rotatable bonds is 3. The Morgan fingerprint density at radius 1 is 1.21 bits per heavy atom. The average Bonchev–Trinajstić information content (AvgIpc) is 3.15. The van der Waals surface area contributed by atoms with E-state index in [2.05, 4.69) is 39.7 Å². The summed E-state index contributed by atoms with van der Waals surface area (Å²) in [4.78, 5) is 7.37. The first kappa shape index (κ1) is 18.4. The van der Waals surface area contributed by atoms with Gasteiger partial charge in [0, 0.05) is 39.4 Å². The Bertz CT molecular complexity index is 1080. The molecule has 0 unspecified atom stereocenters. The number of hydrogen-bond acceptors (Lipinski definition) is 5. The second-order valence-corrected chi connectivity index (χ2v) is 8.17. The van der Waals surface area contributed by atoms with Crippen molar-refractivity contribution in [2.75, 3.05) is 44.3 Å². The summed E-state index contributed by atoms with van der Waals surface area (Å²) in [7, 11) is 0. The van der Waals surface area contributed by atoms with E-state index < -0.39 is 0 Å². The van der Waals surface area contributed by atoms with E-state index in [1.165, 1.54) is 16.9 Å². The third-order valence-corrected chi connectivity index (χ3v) is 6.45. The molecule has 29 heavy (non-hydrogen) atoms. The summed E-state index contributed by atoms with van der Waals surface area (Å²) in [6.45, 7) is 7.72. The number of imidazole rings is 1. The number of hydrogen-bond donors (Lipinski definition) is 1. The highest BCUT2D eigenvalue weighted by Crippen LogP contribution is 2.35. The molecule has 4 heterocycles. The van der Waals surface area contributed by atoms with Crippen LogP contribution in [0.15, 0.2) is 24.3 Å². The van der Waals surface area contributed by atoms with Gasteiger partial charge in [0.1, 0.15) is 11.9 Å². The zero-order valence-electron chi connectivity index (χ0n) is 16.9. The number of ether oxygens (including phenoxy) is 1. The molecule has 0 radical (unpaired) electrons. The molecule has 1 N–H and O–H groups in total. The van der Waals surface area contributed by atoms with E-state index in [4.69, 9.17) is 9.72 Å². The van der Waals surface area contributed by atoms with Gasteiger partial charge in [0.15, 0.2) is 5.65 Å². The highest BCUT2D eigenvalue weighted by Gasteiger charge is 2.26. The van der Waals surface area contributed by atoms with Crippen molar-refractivity contribution in [1.29, 1.82) is 5.26 Å². The fourth-order valence-electron chi connectivity index (χ4n) is 4.90. The van der Waals surface area contributed by atoms with Crippen LogP contribution in [0.3, 0.4) is 0 Å². The second kappa shape index (κ2) is 7.66. The smallest absolute Gasteiger partial charge is 0.157 e. The lowest BCUT2D eigenvalue weighted by molar-refractivity contribution is 0.0665. The lowest BCUT2D eigenvalue weighted by Gasteiger charge is -2.33. The molecule has 2 aliphatic rings. The Labute approximate surface area is 171 Å². The van der Waals surface area contributed by atoms with Crippen molar-refractivity contribution in [3.8, 4) is 6.07 Å². The van der Waals surface area contributed by atoms with Gasteiger partial charge in [-0.05, 0) is 55.4 Å². The molecule has 0 spiro atoms. The first-order valence-corrected chi connectivity index (χ1v) is 10.6. The Kier molecular flexibility index (Phi) is 4.86. The Balaban J connectivity index is 1.76. The van der Waals surface area contributed by atoms with Crippen LogP contribution in [-0.2, 0) is 11.2 Å². The monoisotopic (exact) mass is 389 g/mol. The summed E-state index contributed by atoms with van der Waals surface area (Å²) < 4.78 is 7.78. The fourth-order valence-corrected chi connectivity index (χ4v) is 4.90. The molecule has 0 aliphatic carbocycles. The normalized spacial score (nSPS) is 18.4. The molecule has 2 fully saturated rings. The van der Waals surface area contributed by atoms with E-state index in [1.807, 2.05) is 12.1 Å². The second-order valence-electron chi connectivity index (χ2n) is 8.17. The number of nitriles is 1. The minimum atomic E-state index is 0.567. The van der Waals surface area contributed by atoms with Crippen LogP contribution in [0.1, 0.15) is 29.5 Å². The molecule has 6 heteroatoms. The summed E-state index contributed by atoms with van der Waals surface area (Å²) in [5.74, 6) is 1.77. The number of nitrogens with zero attached hydrogens (tertiary/aromatic N) is 4. The third kappa shape index (κ3) is 3.15. The average molecular weight is 390 g/mol. The molecule has 0 amide bonds. The fraction of sp³-hybridized carbons (Fsp3) is 0.478. The Morgan fingerprint density at radius 3 is 2.72 bits per heavy atom. The molecule has 2 saturated heterocycles. The van der Waals surface area contributed by atoms with Crippen LogP contribution in [0.2, 0.25) is 0 Å². The van der Waals surface area contributed by atoms with Gasteiger partial charge in [-0.25, -0.2) is 4.98 Å². The molecule has 150 valence electrons. The van der Waals surface area contributed by atoms with E-state index >= 15 is 0 Å². The first-order chi connectivity index (χ1) is 14.3. The van der Waals surface area contributed by atoms with Gasteiger partial charge in [0.2, 0.25) is 0 Å². The molecule has 0 bridgehead atoms. The van der Waals surface area contributed by atoms with Gasteiger partial charge in [0.05, 0.1) is 16.6 Å². The third-order valence-electron chi connectivity index (χ3n) is 6.45. The summed E-state index contributed by atoms with van der Waals surface area (Å²) in [5.41, 5.74) is 5.97. The molecule has 3 aromatic rings. The maximum atomic E-state index is 10.1. The molecular formula is C23H27N5O. The van der Waals surface area contributed by atoms with E-state index in [9.17, 15) is 5.26 Å². The van der Waals surface area contributed by atoms with Gasteiger partial charge >= 0.3 is 0 Å². The van der Waals surface area contributed by atoms with Gasteiger partial charge in [-0.1, -0.05) is 12.1 Å². The van der Waals surface area contributed by atoms with Crippen LogP contribution in [0.25, 0.3) is 16.7 Å². The molecule has 0 atom stereocenters. The summed E-state index contributed by atoms with van der Waals surface area (Å²) in [6, 6.07) is 10.7. The van der Waals surface area contributed by atoms with Crippen molar-refractivity contribution in [2.24, 2.45) is 5.92 Å². The zero-order chi connectivity index (χ0) is 19.8. The van der Waals surface area contributed by atoms with Crippen molar-refractivity contribution in [1.82, 2.24) is 14.7 Å². The standard InChI is InChI=1S/C23H27N5O/c1-16-18(14-17-6-12-29-13-7-17)19(15-24)22-26-20-4-2-3-5-21(20)28(22)23(16)27-10-8-25-9-11-27/h2-5,17,25H,6-14H2,1H3. The van der Waals surface area contributed by atoms with Gasteiger partial charge in [-0.2, -0.15) is 5.26 Å².